The molecule has 1 aliphatic heterocycles. The lowest BCUT2D eigenvalue weighted by Crippen LogP contribution is -2.48. The van der Waals surface area contributed by atoms with Crippen molar-refractivity contribution in [3.8, 4) is 0 Å². The normalized spacial score (nSPS) is 41.1. The predicted molar refractivity (Wildman–Crippen MR) is 80.2 cm³/mol. The van der Waals surface area contributed by atoms with Gasteiger partial charge in [0.1, 0.15) is 0 Å². The van der Waals surface area contributed by atoms with Gasteiger partial charge in [0, 0.05) is 30.7 Å². The van der Waals surface area contributed by atoms with Crippen LogP contribution >= 0.6 is 0 Å². The van der Waals surface area contributed by atoms with Gasteiger partial charge in [-0.25, -0.2) is 0 Å². The third-order valence-electron chi connectivity index (χ3n) is 5.89. The van der Waals surface area contributed by atoms with Crippen LogP contribution in [-0.2, 0) is 0 Å². The van der Waals surface area contributed by atoms with Crippen molar-refractivity contribution < 1.29 is 0 Å². The van der Waals surface area contributed by atoms with E-state index in [2.05, 4.69) is 23.8 Å². The molecule has 3 nitrogen and oxygen atoms in total. The van der Waals surface area contributed by atoms with E-state index < -0.39 is 0 Å². The number of hydrogen-bond acceptors (Lipinski definition) is 3. The molecule has 2 saturated carbocycles. The third kappa shape index (κ3) is 2.84. The zero-order chi connectivity index (χ0) is 13.4. The van der Waals surface area contributed by atoms with E-state index >= 15 is 0 Å². The largest absolute Gasteiger partial charge is 0.330 e. The van der Waals surface area contributed by atoms with Crippen LogP contribution in [0.3, 0.4) is 0 Å². The standard InChI is InChI=1S/C16H31N3/c1-12-9-15(11-19(12)14-7-8-14)18(2)16-6-4-3-5-13(16)10-17/h12-16H,3-11,17H2,1-2H3. The summed E-state index contributed by atoms with van der Waals surface area (Å²) in [6.45, 7) is 4.60. The Morgan fingerprint density at radius 1 is 1.16 bits per heavy atom. The SMILES string of the molecule is CC1CC(N(C)C2CCCCC2CN)CN1C1CC1. The van der Waals surface area contributed by atoms with Crippen molar-refractivity contribution in [2.24, 2.45) is 11.7 Å². The van der Waals surface area contributed by atoms with Gasteiger partial charge in [0.15, 0.2) is 0 Å². The van der Waals surface area contributed by atoms with Crippen LogP contribution in [0.15, 0.2) is 0 Å². The van der Waals surface area contributed by atoms with Crippen molar-refractivity contribution in [1.29, 1.82) is 0 Å². The van der Waals surface area contributed by atoms with Gasteiger partial charge in [0.2, 0.25) is 0 Å². The predicted octanol–water partition coefficient (Wildman–Crippen LogP) is 2.06. The summed E-state index contributed by atoms with van der Waals surface area (Å²) in [6, 6.07) is 3.23. The molecule has 3 aliphatic rings. The van der Waals surface area contributed by atoms with Gasteiger partial charge >= 0.3 is 0 Å². The maximum Gasteiger partial charge on any atom is 0.0238 e. The fraction of sp³-hybridized carbons (Fsp3) is 1.00. The van der Waals surface area contributed by atoms with E-state index in [0.29, 0.717) is 0 Å². The third-order valence-corrected chi connectivity index (χ3v) is 5.89. The molecule has 4 unspecified atom stereocenters. The Hall–Kier alpha value is -0.120. The molecule has 1 saturated heterocycles. The molecule has 110 valence electrons. The summed E-state index contributed by atoms with van der Waals surface area (Å²) in [5, 5.41) is 0. The van der Waals surface area contributed by atoms with Gasteiger partial charge in [-0.05, 0) is 58.5 Å². The van der Waals surface area contributed by atoms with Gasteiger partial charge < -0.3 is 5.73 Å². The maximum atomic E-state index is 6.01. The summed E-state index contributed by atoms with van der Waals surface area (Å²) in [5.74, 6) is 0.740. The molecule has 0 radical (unpaired) electrons. The average molecular weight is 265 g/mol. The monoisotopic (exact) mass is 265 g/mol. The Morgan fingerprint density at radius 2 is 1.89 bits per heavy atom. The number of likely N-dealkylation sites (N-methyl/N-ethyl adjacent to an activating group) is 1. The highest BCUT2D eigenvalue weighted by molar-refractivity contribution is 4.98. The molecule has 2 N–H and O–H groups in total. The summed E-state index contributed by atoms with van der Waals surface area (Å²) in [5.41, 5.74) is 6.01. The lowest BCUT2D eigenvalue weighted by molar-refractivity contribution is 0.0935. The molecule has 0 spiro atoms. The molecule has 3 rings (SSSR count). The highest BCUT2D eigenvalue weighted by Crippen LogP contribution is 2.36. The van der Waals surface area contributed by atoms with Crippen LogP contribution in [0.1, 0.15) is 51.9 Å². The lowest BCUT2D eigenvalue weighted by Gasteiger charge is -2.40. The van der Waals surface area contributed by atoms with Crippen LogP contribution in [0.2, 0.25) is 0 Å². The summed E-state index contributed by atoms with van der Waals surface area (Å²) in [4.78, 5) is 5.47. The topological polar surface area (TPSA) is 32.5 Å². The number of nitrogens with two attached hydrogens (primary N) is 1. The van der Waals surface area contributed by atoms with Crippen LogP contribution < -0.4 is 5.73 Å². The summed E-state index contributed by atoms with van der Waals surface area (Å²) in [6.07, 6.45) is 9.75. The smallest absolute Gasteiger partial charge is 0.0238 e. The van der Waals surface area contributed by atoms with Crippen LogP contribution in [0, 0.1) is 5.92 Å². The van der Waals surface area contributed by atoms with E-state index in [9.17, 15) is 0 Å². The minimum absolute atomic E-state index is 0.740. The molecular weight excluding hydrogens is 234 g/mol. The molecular formula is C16H31N3. The van der Waals surface area contributed by atoms with Gasteiger partial charge in [0.25, 0.3) is 0 Å². The fourth-order valence-electron chi connectivity index (χ4n) is 4.51. The van der Waals surface area contributed by atoms with E-state index in [1.165, 1.54) is 51.5 Å². The second-order valence-corrected chi connectivity index (χ2v) is 7.18. The lowest BCUT2D eigenvalue weighted by atomic mass is 9.83. The second kappa shape index (κ2) is 5.71. The van der Waals surface area contributed by atoms with Crippen LogP contribution in [-0.4, -0.2) is 54.1 Å². The summed E-state index contributed by atoms with van der Waals surface area (Å²) < 4.78 is 0. The van der Waals surface area contributed by atoms with E-state index in [-0.39, 0.29) is 0 Å². The van der Waals surface area contributed by atoms with Crippen LogP contribution in [0.5, 0.6) is 0 Å². The van der Waals surface area contributed by atoms with Gasteiger partial charge in [0.05, 0.1) is 0 Å². The fourth-order valence-corrected chi connectivity index (χ4v) is 4.51. The molecule has 0 aromatic carbocycles. The number of hydrogen-bond donors (Lipinski definition) is 1. The van der Waals surface area contributed by atoms with Crippen molar-refractivity contribution in [3.05, 3.63) is 0 Å². The van der Waals surface area contributed by atoms with Crippen molar-refractivity contribution in [2.45, 2.75) is 76.0 Å². The first-order valence-electron chi connectivity index (χ1n) is 8.38. The maximum absolute atomic E-state index is 6.01. The zero-order valence-electron chi connectivity index (χ0n) is 12.7. The molecule has 0 aromatic heterocycles. The first-order valence-corrected chi connectivity index (χ1v) is 8.38. The van der Waals surface area contributed by atoms with Crippen LogP contribution in [0.25, 0.3) is 0 Å². The minimum atomic E-state index is 0.740. The van der Waals surface area contributed by atoms with E-state index in [1.807, 2.05) is 0 Å². The van der Waals surface area contributed by atoms with Crippen molar-refractivity contribution in [3.63, 3.8) is 0 Å². The van der Waals surface area contributed by atoms with Gasteiger partial charge in [-0.1, -0.05) is 12.8 Å². The number of likely N-dealkylation sites (tertiary alicyclic amines) is 1. The molecule has 3 heteroatoms. The van der Waals surface area contributed by atoms with Gasteiger partial charge in [-0.3, -0.25) is 9.80 Å². The Morgan fingerprint density at radius 3 is 2.58 bits per heavy atom. The summed E-state index contributed by atoms with van der Waals surface area (Å²) >= 11 is 0. The van der Waals surface area contributed by atoms with Gasteiger partial charge in [-0.15, -0.1) is 0 Å². The molecule has 3 fully saturated rings. The minimum Gasteiger partial charge on any atom is -0.330 e. The quantitative estimate of drug-likeness (QED) is 0.844. The molecule has 0 aromatic rings. The Balaban J connectivity index is 1.61. The van der Waals surface area contributed by atoms with E-state index in [1.54, 1.807) is 0 Å². The number of nitrogens with zero attached hydrogens (tertiary/aromatic N) is 2. The second-order valence-electron chi connectivity index (χ2n) is 7.18. The van der Waals surface area contributed by atoms with Crippen molar-refractivity contribution >= 4 is 0 Å². The van der Waals surface area contributed by atoms with Crippen molar-refractivity contribution in [1.82, 2.24) is 9.80 Å². The van der Waals surface area contributed by atoms with E-state index in [4.69, 9.17) is 5.73 Å². The first-order chi connectivity index (χ1) is 9.20. The summed E-state index contributed by atoms with van der Waals surface area (Å²) in [7, 11) is 2.37. The Bertz CT molecular complexity index is 302. The average Bonchev–Trinajstić information content (AvgIpc) is 3.21. The Kier molecular flexibility index (Phi) is 4.16. The molecule has 0 bridgehead atoms. The van der Waals surface area contributed by atoms with Crippen LogP contribution in [0.4, 0.5) is 0 Å². The molecule has 4 atom stereocenters. The van der Waals surface area contributed by atoms with Gasteiger partial charge in [-0.2, -0.15) is 0 Å². The highest BCUT2D eigenvalue weighted by atomic mass is 15.3. The zero-order valence-corrected chi connectivity index (χ0v) is 12.7. The molecule has 2 aliphatic carbocycles. The molecule has 1 heterocycles. The Labute approximate surface area is 118 Å². The van der Waals surface area contributed by atoms with E-state index in [0.717, 1.165) is 36.6 Å². The first kappa shape index (κ1) is 13.8. The van der Waals surface area contributed by atoms with Crippen molar-refractivity contribution in [2.75, 3.05) is 20.1 Å². The highest BCUT2D eigenvalue weighted by Gasteiger charge is 2.42. The number of rotatable bonds is 4. The molecule has 0 amide bonds. The molecule has 19 heavy (non-hydrogen) atoms.